The van der Waals surface area contributed by atoms with Gasteiger partial charge in [-0.05, 0) is 55.4 Å². The lowest BCUT2D eigenvalue weighted by Gasteiger charge is -2.39. The minimum Gasteiger partial charge on any atom is -0.412 e. The number of benzene rings is 2. The second kappa shape index (κ2) is 12.6. The fourth-order valence-electron chi connectivity index (χ4n) is 4.06. The molecule has 0 saturated carbocycles. The highest BCUT2D eigenvalue weighted by molar-refractivity contribution is 7.58. The lowest BCUT2D eigenvalue weighted by Crippen LogP contribution is -2.45. The standard InChI is InChI=1S/C29H35Cl2N2O7PSi/c1-19-18-33(28(35)32-27(19)34)26-17-25(40-42(5,6)29(2,3)4)24(37-26)15-16-41(36,38-22-13-9-7-11-20(22)30)39-23-14-10-8-12-21(23)31/h7-16,18,24-26H,17H2,1-6H3,(H,32,34,35)/b16-15+/t24-,25+,26-/m1/s1. The van der Waals surface area contributed by atoms with Crippen LogP contribution in [0.15, 0.2) is 76.2 Å². The largest absolute Gasteiger partial charge is 0.455 e. The number of aromatic amines is 1. The Morgan fingerprint density at radius 1 is 1.02 bits per heavy atom. The van der Waals surface area contributed by atoms with Gasteiger partial charge in [-0.15, -0.1) is 0 Å². The van der Waals surface area contributed by atoms with Gasteiger partial charge >= 0.3 is 13.3 Å². The average molecular weight is 654 g/mol. The molecule has 4 rings (SSSR count). The van der Waals surface area contributed by atoms with Gasteiger partial charge in [0.15, 0.2) is 8.32 Å². The van der Waals surface area contributed by atoms with Crippen molar-refractivity contribution in [1.82, 2.24) is 9.55 Å². The van der Waals surface area contributed by atoms with Crippen LogP contribution in [0.4, 0.5) is 0 Å². The molecule has 1 aromatic heterocycles. The van der Waals surface area contributed by atoms with E-state index in [1.54, 1.807) is 61.5 Å². The maximum Gasteiger partial charge on any atom is 0.455 e. The molecule has 3 atom stereocenters. The van der Waals surface area contributed by atoms with Crippen molar-refractivity contribution >= 4 is 39.1 Å². The summed E-state index contributed by atoms with van der Waals surface area (Å²) in [6.45, 7) is 12.2. The van der Waals surface area contributed by atoms with Crippen LogP contribution in [0.25, 0.3) is 0 Å². The number of aromatic nitrogens is 2. The molecule has 1 fully saturated rings. The van der Waals surface area contributed by atoms with Crippen molar-refractivity contribution in [1.29, 1.82) is 0 Å². The van der Waals surface area contributed by atoms with Gasteiger partial charge in [0.05, 0.1) is 22.0 Å². The Kier molecular flexibility index (Phi) is 9.67. The van der Waals surface area contributed by atoms with Gasteiger partial charge in [0.25, 0.3) is 5.56 Å². The summed E-state index contributed by atoms with van der Waals surface area (Å²) in [4.78, 5) is 27.0. The average Bonchev–Trinajstić information content (AvgIpc) is 3.29. The first kappa shape index (κ1) is 32.3. The third kappa shape index (κ3) is 7.48. The van der Waals surface area contributed by atoms with E-state index in [0.717, 1.165) is 0 Å². The third-order valence-electron chi connectivity index (χ3n) is 7.41. The first-order valence-electron chi connectivity index (χ1n) is 13.4. The lowest BCUT2D eigenvalue weighted by molar-refractivity contribution is 0.00637. The van der Waals surface area contributed by atoms with E-state index in [1.165, 1.54) is 16.6 Å². The summed E-state index contributed by atoms with van der Waals surface area (Å²) in [7, 11) is -6.40. The van der Waals surface area contributed by atoms with E-state index in [1.807, 2.05) is 0 Å². The van der Waals surface area contributed by atoms with Crippen LogP contribution in [0, 0.1) is 6.92 Å². The summed E-state index contributed by atoms with van der Waals surface area (Å²) >= 11 is 12.6. The van der Waals surface area contributed by atoms with Crippen LogP contribution >= 0.6 is 30.8 Å². The van der Waals surface area contributed by atoms with Gasteiger partial charge < -0.3 is 18.2 Å². The van der Waals surface area contributed by atoms with E-state index in [2.05, 4.69) is 38.8 Å². The van der Waals surface area contributed by atoms with Gasteiger partial charge in [-0.3, -0.25) is 14.3 Å². The number of H-pyrrole nitrogens is 1. The zero-order chi connectivity index (χ0) is 30.9. The maximum absolute atomic E-state index is 14.2. The van der Waals surface area contributed by atoms with Crippen molar-refractivity contribution < 1.29 is 22.8 Å². The van der Waals surface area contributed by atoms with Gasteiger partial charge in [0.2, 0.25) is 0 Å². The number of rotatable bonds is 9. The second-order valence-electron chi connectivity index (χ2n) is 11.6. The molecule has 13 heteroatoms. The summed E-state index contributed by atoms with van der Waals surface area (Å²) in [5, 5.41) is 0.386. The van der Waals surface area contributed by atoms with Crippen LogP contribution in [-0.2, 0) is 13.7 Å². The van der Waals surface area contributed by atoms with Crippen LogP contribution in [0.1, 0.15) is 39.0 Å². The molecule has 0 aliphatic carbocycles. The Morgan fingerprint density at radius 2 is 1.57 bits per heavy atom. The van der Waals surface area contributed by atoms with Gasteiger partial charge in [-0.2, -0.15) is 0 Å². The quantitative estimate of drug-likeness (QED) is 0.186. The van der Waals surface area contributed by atoms with Crippen molar-refractivity contribution in [3.05, 3.63) is 103 Å². The second-order valence-corrected chi connectivity index (χ2v) is 18.9. The van der Waals surface area contributed by atoms with Crippen LogP contribution < -0.4 is 20.3 Å². The van der Waals surface area contributed by atoms with Gasteiger partial charge in [-0.1, -0.05) is 68.2 Å². The van der Waals surface area contributed by atoms with Crippen molar-refractivity contribution in [3.63, 3.8) is 0 Å². The van der Waals surface area contributed by atoms with Crippen LogP contribution in [-0.4, -0.2) is 30.1 Å². The molecule has 42 heavy (non-hydrogen) atoms. The summed E-state index contributed by atoms with van der Waals surface area (Å²) in [6.07, 6.45) is 1.37. The van der Waals surface area contributed by atoms with E-state index in [0.29, 0.717) is 12.0 Å². The highest BCUT2D eigenvalue weighted by Gasteiger charge is 2.45. The molecule has 0 unspecified atom stereocenters. The number of nitrogens with one attached hydrogen (secondary N) is 1. The van der Waals surface area contributed by atoms with Crippen molar-refractivity contribution in [3.8, 4) is 11.5 Å². The highest BCUT2D eigenvalue weighted by Crippen LogP contribution is 2.53. The smallest absolute Gasteiger partial charge is 0.412 e. The molecule has 0 bridgehead atoms. The van der Waals surface area contributed by atoms with Crippen LogP contribution in [0.3, 0.4) is 0 Å². The Labute approximate surface area is 256 Å². The number of para-hydroxylation sites is 2. The number of nitrogens with zero attached hydrogens (tertiary/aromatic N) is 1. The SMILES string of the molecule is Cc1cn([C@H]2C[C@H](O[Si](C)(C)C(C)(C)C)[C@@H](/C=C/P(=O)(Oc3ccccc3Cl)Oc3ccccc3Cl)O2)c(=O)[nH]c1=O. The molecule has 1 aliphatic rings. The minimum atomic E-state index is -4.09. The molecule has 0 radical (unpaired) electrons. The molecule has 1 saturated heterocycles. The Morgan fingerprint density at radius 3 is 2.10 bits per heavy atom. The lowest BCUT2D eigenvalue weighted by atomic mass is 10.2. The van der Waals surface area contributed by atoms with E-state index in [9.17, 15) is 14.2 Å². The fraction of sp³-hybridized carbons (Fsp3) is 0.379. The van der Waals surface area contributed by atoms with Crippen LogP contribution in [0.5, 0.6) is 11.5 Å². The van der Waals surface area contributed by atoms with Gasteiger partial charge in [-0.25, -0.2) is 9.36 Å². The summed E-state index contributed by atoms with van der Waals surface area (Å²) in [5.74, 6) is 1.62. The van der Waals surface area contributed by atoms with Gasteiger partial charge in [0, 0.05) is 18.2 Å². The first-order valence-corrected chi connectivity index (χ1v) is 18.7. The number of hydrogen-bond donors (Lipinski definition) is 1. The Hall–Kier alpha value is -2.59. The monoisotopic (exact) mass is 652 g/mol. The molecule has 1 N–H and O–H groups in total. The summed E-state index contributed by atoms with van der Waals surface area (Å²) < 4.78 is 40.3. The normalized spacial score (nSPS) is 19.8. The number of halogens is 2. The topological polar surface area (TPSA) is 109 Å². The zero-order valence-electron chi connectivity index (χ0n) is 24.3. The summed E-state index contributed by atoms with van der Waals surface area (Å²) in [6, 6.07) is 13.2. The van der Waals surface area contributed by atoms with E-state index < -0.39 is 45.6 Å². The van der Waals surface area contributed by atoms with Crippen molar-refractivity contribution in [2.75, 3.05) is 0 Å². The molecule has 0 amide bonds. The maximum atomic E-state index is 14.2. The van der Waals surface area contributed by atoms with E-state index in [4.69, 9.17) is 41.4 Å². The molecule has 3 aromatic rings. The van der Waals surface area contributed by atoms with Crippen molar-refractivity contribution in [2.45, 2.75) is 70.7 Å². The molecule has 226 valence electrons. The predicted molar refractivity (Wildman–Crippen MR) is 168 cm³/mol. The fourth-order valence-corrected chi connectivity index (χ4v) is 7.26. The predicted octanol–water partition coefficient (Wildman–Crippen LogP) is 7.69. The van der Waals surface area contributed by atoms with Crippen LogP contribution in [0.2, 0.25) is 28.2 Å². The molecule has 2 heterocycles. The molecule has 1 aliphatic heterocycles. The zero-order valence-corrected chi connectivity index (χ0v) is 27.7. The molecule has 2 aromatic carbocycles. The van der Waals surface area contributed by atoms with E-state index in [-0.39, 0.29) is 26.6 Å². The highest BCUT2D eigenvalue weighted by atomic mass is 35.5. The summed E-state index contributed by atoms with van der Waals surface area (Å²) in [5.41, 5.74) is -0.694. The van der Waals surface area contributed by atoms with Crippen molar-refractivity contribution in [2.24, 2.45) is 0 Å². The molecular weight excluding hydrogens is 618 g/mol. The number of aryl methyl sites for hydroxylation is 1. The third-order valence-corrected chi connectivity index (χ3v) is 14.0. The molecular formula is C29H35Cl2N2O7PSi. The molecule has 9 nitrogen and oxygen atoms in total. The Balaban J connectivity index is 1.72. The van der Waals surface area contributed by atoms with Gasteiger partial charge in [0.1, 0.15) is 23.8 Å². The Bertz CT molecular complexity index is 1580. The van der Waals surface area contributed by atoms with E-state index >= 15 is 0 Å². The molecule has 0 spiro atoms. The first-order chi connectivity index (χ1) is 19.6. The number of ether oxygens (including phenoxy) is 1. The number of hydrogen-bond acceptors (Lipinski definition) is 7. The minimum absolute atomic E-state index is 0.111.